The normalized spacial score (nSPS) is 12.7. The van der Waals surface area contributed by atoms with Gasteiger partial charge in [0.1, 0.15) is 0 Å². The van der Waals surface area contributed by atoms with E-state index in [0.717, 1.165) is 5.56 Å². The van der Waals surface area contributed by atoms with Gasteiger partial charge in [0.25, 0.3) is 0 Å². The summed E-state index contributed by atoms with van der Waals surface area (Å²) in [5.74, 6) is -0.619. The number of hydrogen-bond acceptors (Lipinski definition) is 4. The molecule has 2 unspecified atom stereocenters. The van der Waals surface area contributed by atoms with Gasteiger partial charge in [0.05, 0.1) is 14.2 Å². The van der Waals surface area contributed by atoms with Crippen LogP contribution in [-0.4, -0.2) is 31.2 Å². The molecule has 0 aliphatic rings. The largest absolute Gasteiger partial charge is 0.493 e. The van der Waals surface area contributed by atoms with Gasteiger partial charge in [-0.1, -0.05) is 43.3 Å². The van der Waals surface area contributed by atoms with Gasteiger partial charge in [-0.25, -0.2) is 4.79 Å². The molecule has 26 heavy (non-hydrogen) atoms. The third-order valence-corrected chi connectivity index (χ3v) is 4.10. The van der Waals surface area contributed by atoms with Crippen molar-refractivity contribution in [2.45, 2.75) is 19.4 Å². The Morgan fingerprint density at radius 2 is 1.69 bits per heavy atom. The van der Waals surface area contributed by atoms with Crippen molar-refractivity contribution in [2.24, 2.45) is 5.92 Å². The van der Waals surface area contributed by atoms with Crippen molar-refractivity contribution in [3.05, 3.63) is 59.7 Å². The van der Waals surface area contributed by atoms with Gasteiger partial charge < -0.3 is 19.9 Å². The molecule has 2 aromatic rings. The minimum Gasteiger partial charge on any atom is -0.493 e. The minimum absolute atomic E-state index is 0.323. The van der Waals surface area contributed by atoms with Crippen LogP contribution in [0.15, 0.2) is 48.5 Å². The summed E-state index contributed by atoms with van der Waals surface area (Å²) in [6.45, 7) is 1.76. The lowest BCUT2D eigenvalue weighted by molar-refractivity contribution is -0.142. The van der Waals surface area contributed by atoms with E-state index in [4.69, 9.17) is 9.47 Å². The molecule has 0 saturated carbocycles. The first kappa shape index (κ1) is 19.3. The monoisotopic (exact) mass is 357 g/mol. The lowest BCUT2D eigenvalue weighted by atomic mass is 9.98. The van der Waals surface area contributed by atoms with Crippen LogP contribution in [-0.2, 0) is 16.0 Å². The van der Waals surface area contributed by atoms with E-state index >= 15 is 0 Å². The molecule has 1 amide bonds. The minimum atomic E-state index is -1.09. The number of rotatable bonds is 8. The second kappa shape index (κ2) is 8.89. The third kappa shape index (κ3) is 4.75. The molecule has 0 heterocycles. The van der Waals surface area contributed by atoms with E-state index in [9.17, 15) is 14.7 Å². The van der Waals surface area contributed by atoms with E-state index in [1.165, 1.54) is 0 Å². The summed E-state index contributed by atoms with van der Waals surface area (Å²) >= 11 is 0. The topological polar surface area (TPSA) is 84.9 Å². The van der Waals surface area contributed by atoms with E-state index in [2.05, 4.69) is 5.32 Å². The summed E-state index contributed by atoms with van der Waals surface area (Å²) in [4.78, 5) is 24.0. The average Bonchev–Trinajstić information content (AvgIpc) is 2.66. The molecule has 0 spiro atoms. The molecule has 2 atom stereocenters. The summed E-state index contributed by atoms with van der Waals surface area (Å²) < 4.78 is 10.5. The molecule has 0 saturated heterocycles. The van der Waals surface area contributed by atoms with Crippen LogP contribution in [0.5, 0.6) is 11.5 Å². The second-order valence-electron chi connectivity index (χ2n) is 5.99. The Balaban J connectivity index is 2.08. The van der Waals surface area contributed by atoms with E-state index in [1.54, 1.807) is 57.5 Å². The third-order valence-electron chi connectivity index (χ3n) is 4.10. The van der Waals surface area contributed by atoms with E-state index < -0.39 is 17.9 Å². The smallest absolute Gasteiger partial charge is 0.330 e. The zero-order valence-corrected chi connectivity index (χ0v) is 15.1. The van der Waals surface area contributed by atoms with Crippen LogP contribution in [0.25, 0.3) is 0 Å². The summed E-state index contributed by atoms with van der Waals surface area (Å²) in [5.41, 5.74) is 1.43. The van der Waals surface area contributed by atoms with Crippen LogP contribution < -0.4 is 14.8 Å². The van der Waals surface area contributed by atoms with E-state index in [-0.39, 0.29) is 5.91 Å². The number of carbonyl (C=O) groups excluding carboxylic acids is 1. The van der Waals surface area contributed by atoms with Crippen molar-refractivity contribution in [3.63, 3.8) is 0 Å². The number of carbonyl (C=O) groups is 2. The standard InChI is InChI=1S/C20H23NO5/c1-13(11-14-9-10-16(25-2)17(12-14)26-3)19(22)21-18(20(23)24)15-7-5-4-6-8-15/h4-10,12-13,18H,11H2,1-3H3,(H,21,22)(H,23,24). The highest BCUT2D eigenvalue weighted by Gasteiger charge is 2.24. The molecule has 6 heteroatoms. The fraction of sp³-hybridized carbons (Fsp3) is 0.300. The van der Waals surface area contributed by atoms with Crippen LogP contribution in [0.3, 0.4) is 0 Å². The highest BCUT2D eigenvalue weighted by atomic mass is 16.5. The Kier molecular flexibility index (Phi) is 6.60. The van der Waals surface area contributed by atoms with Gasteiger partial charge >= 0.3 is 5.97 Å². The van der Waals surface area contributed by atoms with E-state index in [0.29, 0.717) is 23.5 Å². The van der Waals surface area contributed by atoms with Gasteiger partial charge in [-0.05, 0) is 29.7 Å². The van der Waals surface area contributed by atoms with Crippen molar-refractivity contribution in [1.29, 1.82) is 0 Å². The zero-order valence-electron chi connectivity index (χ0n) is 15.1. The molecular weight excluding hydrogens is 334 g/mol. The summed E-state index contributed by atoms with van der Waals surface area (Å²) in [6, 6.07) is 13.0. The Bertz CT molecular complexity index is 760. The number of hydrogen-bond donors (Lipinski definition) is 2. The molecule has 0 aliphatic carbocycles. The molecular formula is C20H23NO5. The SMILES string of the molecule is COc1ccc(CC(C)C(=O)NC(C(=O)O)c2ccccc2)cc1OC. The van der Waals surface area contributed by atoms with Gasteiger partial charge in [-0.2, -0.15) is 0 Å². The summed E-state index contributed by atoms with van der Waals surface area (Å²) in [5, 5.41) is 12.0. The number of benzene rings is 2. The van der Waals surface area contributed by atoms with Gasteiger partial charge in [-0.15, -0.1) is 0 Å². The molecule has 0 aromatic heterocycles. The Labute approximate surface area is 152 Å². The quantitative estimate of drug-likeness (QED) is 0.759. The number of nitrogens with one attached hydrogen (secondary N) is 1. The van der Waals surface area contributed by atoms with Crippen LogP contribution in [0.4, 0.5) is 0 Å². The summed E-state index contributed by atoms with van der Waals surface area (Å²) in [7, 11) is 3.11. The van der Waals surface area contributed by atoms with Gasteiger partial charge in [0, 0.05) is 5.92 Å². The maximum absolute atomic E-state index is 12.5. The molecule has 0 fully saturated rings. The highest BCUT2D eigenvalue weighted by Crippen LogP contribution is 2.28. The Hall–Kier alpha value is -3.02. The lowest BCUT2D eigenvalue weighted by Gasteiger charge is -2.18. The van der Waals surface area contributed by atoms with Gasteiger partial charge in [0.15, 0.2) is 17.5 Å². The number of methoxy groups -OCH3 is 2. The number of amides is 1. The molecule has 2 rings (SSSR count). The predicted molar refractivity (Wildman–Crippen MR) is 97.4 cm³/mol. The molecule has 2 N–H and O–H groups in total. The van der Waals surface area contributed by atoms with Gasteiger partial charge in [0.2, 0.25) is 5.91 Å². The van der Waals surface area contributed by atoms with Crippen LogP contribution in [0.2, 0.25) is 0 Å². The molecule has 2 aromatic carbocycles. The molecule has 0 radical (unpaired) electrons. The average molecular weight is 357 g/mol. The zero-order chi connectivity index (χ0) is 19.1. The van der Waals surface area contributed by atoms with Crippen molar-refractivity contribution in [3.8, 4) is 11.5 Å². The van der Waals surface area contributed by atoms with Gasteiger partial charge in [-0.3, -0.25) is 4.79 Å². The highest BCUT2D eigenvalue weighted by molar-refractivity contribution is 5.85. The van der Waals surface area contributed by atoms with Crippen LogP contribution >= 0.6 is 0 Å². The molecule has 0 bridgehead atoms. The fourth-order valence-electron chi connectivity index (χ4n) is 2.67. The predicted octanol–water partition coefficient (Wildman–Crippen LogP) is 2.82. The maximum Gasteiger partial charge on any atom is 0.330 e. The summed E-state index contributed by atoms with van der Waals surface area (Å²) in [6.07, 6.45) is 0.452. The van der Waals surface area contributed by atoms with Crippen molar-refractivity contribution < 1.29 is 24.2 Å². The number of aliphatic carboxylic acids is 1. The Morgan fingerprint density at radius 1 is 1.04 bits per heavy atom. The fourth-order valence-corrected chi connectivity index (χ4v) is 2.67. The first-order valence-corrected chi connectivity index (χ1v) is 8.25. The number of carboxylic acids is 1. The van der Waals surface area contributed by atoms with Crippen molar-refractivity contribution >= 4 is 11.9 Å². The molecule has 0 aliphatic heterocycles. The first-order chi connectivity index (χ1) is 12.5. The van der Waals surface area contributed by atoms with Crippen LogP contribution in [0.1, 0.15) is 24.1 Å². The lowest BCUT2D eigenvalue weighted by Crippen LogP contribution is -2.37. The van der Waals surface area contributed by atoms with Crippen molar-refractivity contribution in [1.82, 2.24) is 5.32 Å². The molecule has 138 valence electrons. The first-order valence-electron chi connectivity index (χ1n) is 8.25. The Morgan fingerprint density at radius 3 is 2.27 bits per heavy atom. The number of carboxylic acid groups (broad SMARTS) is 1. The number of ether oxygens (including phenoxy) is 2. The maximum atomic E-state index is 12.5. The van der Waals surface area contributed by atoms with E-state index in [1.807, 2.05) is 12.1 Å². The van der Waals surface area contributed by atoms with Crippen molar-refractivity contribution in [2.75, 3.05) is 14.2 Å². The second-order valence-corrected chi connectivity index (χ2v) is 5.99. The van der Waals surface area contributed by atoms with Crippen LogP contribution in [0, 0.1) is 5.92 Å². The molecule has 6 nitrogen and oxygen atoms in total.